The normalized spacial score (nSPS) is 27.1. The molecule has 3 nitrogen and oxygen atoms in total. The summed E-state index contributed by atoms with van der Waals surface area (Å²) in [5, 5.41) is 3.67. The highest BCUT2D eigenvalue weighted by molar-refractivity contribution is 5.33. The number of halogens is 3. The first-order valence-electron chi connectivity index (χ1n) is 10.3. The number of hydrogen-bond donors (Lipinski definition) is 1. The molecular weight excluding hydrogens is 365 g/mol. The summed E-state index contributed by atoms with van der Waals surface area (Å²) in [5.41, 5.74) is -0.387. The van der Waals surface area contributed by atoms with Crippen molar-refractivity contribution in [2.24, 2.45) is 0 Å². The first-order valence-corrected chi connectivity index (χ1v) is 10.3. The Balaban J connectivity index is 1.77. The maximum Gasteiger partial charge on any atom is 0.416 e. The molecule has 2 saturated heterocycles. The Morgan fingerprint density at radius 1 is 1.21 bits per heavy atom. The van der Waals surface area contributed by atoms with Crippen LogP contribution in [0, 0.1) is 0 Å². The van der Waals surface area contributed by atoms with E-state index in [1.54, 1.807) is 6.07 Å². The van der Waals surface area contributed by atoms with Crippen LogP contribution in [0.3, 0.4) is 0 Å². The van der Waals surface area contributed by atoms with E-state index in [9.17, 15) is 13.2 Å². The zero-order chi connectivity index (χ0) is 20.4. The molecule has 0 radical (unpaired) electrons. The van der Waals surface area contributed by atoms with Gasteiger partial charge < -0.3 is 15.0 Å². The van der Waals surface area contributed by atoms with E-state index < -0.39 is 11.7 Å². The molecule has 0 unspecified atom stereocenters. The van der Waals surface area contributed by atoms with Gasteiger partial charge in [0, 0.05) is 18.1 Å². The Morgan fingerprint density at radius 3 is 2.57 bits per heavy atom. The molecule has 1 aromatic carbocycles. The van der Waals surface area contributed by atoms with Crippen molar-refractivity contribution in [3.63, 3.8) is 0 Å². The summed E-state index contributed by atoms with van der Waals surface area (Å²) >= 11 is 0. The standard InChI is InChI=1S/C22H33F3N2O/c1-20(2)16-21(10-14-28-20,9-11-26-19-7-12-27(3)13-8-19)17-5-4-6-18(15-17)22(23,24)25/h4-6,15,19,26H,7-14,16H2,1-3H3/t21-/m1/s1. The number of nitrogens with one attached hydrogen (secondary N) is 1. The molecule has 0 saturated carbocycles. The molecule has 2 aliphatic rings. The molecule has 6 heteroatoms. The molecule has 2 aliphatic heterocycles. The fourth-order valence-electron chi connectivity index (χ4n) is 4.83. The molecule has 0 aliphatic carbocycles. The summed E-state index contributed by atoms with van der Waals surface area (Å²) in [7, 11) is 2.14. The SMILES string of the molecule is CN1CCC(NCC[C@@]2(c3cccc(C(F)(F)F)c3)CCOC(C)(C)C2)CC1. The molecule has 2 fully saturated rings. The van der Waals surface area contributed by atoms with Crippen LogP contribution >= 0.6 is 0 Å². The third-order valence-corrected chi connectivity index (χ3v) is 6.39. The van der Waals surface area contributed by atoms with Gasteiger partial charge in [-0.2, -0.15) is 13.2 Å². The number of alkyl halides is 3. The summed E-state index contributed by atoms with van der Waals surface area (Å²) in [5.74, 6) is 0. The number of rotatable bonds is 5. The molecule has 1 N–H and O–H groups in total. The van der Waals surface area contributed by atoms with E-state index in [0.29, 0.717) is 12.6 Å². The van der Waals surface area contributed by atoms with Crippen molar-refractivity contribution in [2.45, 2.75) is 69.2 Å². The Hall–Kier alpha value is -1.11. The highest BCUT2D eigenvalue weighted by Crippen LogP contribution is 2.45. The molecule has 1 aromatic rings. The van der Waals surface area contributed by atoms with Crippen LogP contribution in [-0.4, -0.2) is 49.8 Å². The fourth-order valence-corrected chi connectivity index (χ4v) is 4.83. The van der Waals surface area contributed by atoms with Crippen LogP contribution in [0.15, 0.2) is 24.3 Å². The van der Waals surface area contributed by atoms with Gasteiger partial charge in [0.1, 0.15) is 0 Å². The minimum Gasteiger partial charge on any atom is -0.376 e. The van der Waals surface area contributed by atoms with E-state index >= 15 is 0 Å². The highest BCUT2D eigenvalue weighted by atomic mass is 19.4. The van der Waals surface area contributed by atoms with Crippen molar-refractivity contribution in [3.05, 3.63) is 35.4 Å². The molecule has 0 bridgehead atoms. The monoisotopic (exact) mass is 398 g/mol. The first kappa shape index (κ1) is 21.6. The van der Waals surface area contributed by atoms with Crippen molar-refractivity contribution in [1.29, 1.82) is 0 Å². The third kappa shape index (κ3) is 5.28. The predicted molar refractivity (Wildman–Crippen MR) is 106 cm³/mol. The van der Waals surface area contributed by atoms with Gasteiger partial charge in [-0.05, 0) is 84.3 Å². The van der Waals surface area contributed by atoms with Gasteiger partial charge in [-0.25, -0.2) is 0 Å². The van der Waals surface area contributed by atoms with Crippen LogP contribution in [0.1, 0.15) is 57.1 Å². The van der Waals surface area contributed by atoms with Gasteiger partial charge in [0.05, 0.1) is 11.2 Å². The Kier molecular flexibility index (Phi) is 6.42. The van der Waals surface area contributed by atoms with Crippen molar-refractivity contribution in [3.8, 4) is 0 Å². The van der Waals surface area contributed by atoms with Crippen molar-refractivity contribution in [2.75, 3.05) is 33.3 Å². The second-order valence-electron chi connectivity index (χ2n) is 9.18. The lowest BCUT2D eigenvalue weighted by atomic mass is 9.67. The Morgan fingerprint density at radius 2 is 1.93 bits per heavy atom. The van der Waals surface area contributed by atoms with Crippen LogP contribution in [-0.2, 0) is 16.3 Å². The molecule has 0 amide bonds. The Labute approximate surface area is 166 Å². The van der Waals surface area contributed by atoms with Gasteiger partial charge in [-0.1, -0.05) is 18.2 Å². The maximum absolute atomic E-state index is 13.3. The van der Waals surface area contributed by atoms with Gasteiger partial charge in [0.15, 0.2) is 0 Å². The lowest BCUT2D eigenvalue weighted by molar-refractivity contribution is -0.137. The molecule has 0 aromatic heterocycles. The van der Waals surface area contributed by atoms with Crippen LogP contribution in [0.25, 0.3) is 0 Å². The van der Waals surface area contributed by atoms with Crippen molar-refractivity contribution < 1.29 is 17.9 Å². The highest BCUT2D eigenvalue weighted by Gasteiger charge is 2.43. The third-order valence-electron chi connectivity index (χ3n) is 6.39. The lowest BCUT2D eigenvalue weighted by Gasteiger charge is -2.46. The van der Waals surface area contributed by atoms with E-state index in [1.807, 2.05) is 19.9 Å². The topological polar surface area (TPSA) is 24.5 Å². The number of nitrogens with zero attached hydrogens (tertiary/aromatic N) is 1. The molecule has 3 rings (SSSR count). The van der Waals surface area contributed by atoms with Crippen molar-refractivity contribution in [1.82, 2.24) is 10.2 Å². The summed E-state index contributed by atoms with van der Waals surface area (Å²) in [4.78, 5) is 2.34. The summed E-state index contributed by atoms with van der Waals surface area (Å²) in [6, 6.07) is 6.44. The van der Waals surface area contributed by atoms with E-state index in [0.717, 1.165) is 57.3 Å². The van der Waals surface area contributed by atoms with Gasteiger partial charge in [-0.15, -0.1) is 0 Å². The van der Waals surface area contributed by atoms with Crippen LogP contribution in [0.2, 0.25) is 0 Å². The molecule has 158 valence electrons. The zero-order valence-corrected chi connectivity index (χ0v) is 17.2. The maximum atomic E-state index is 13.3. The molecule has 0 spiro atoms. The van der Waals surface area contributed by atoms with E-state index in [-0.39, 0.29) is 11.0 Å². The van der Waals surface area contributed by atoms with Gasteiger partial charge >= 0.3 is 6.18 Å². The van der Waals surface area contributed by atoms with Crippen LogP contribution < -0.4 is 5.32 Å². The van der Waals surface area contributed by atoms with Crippen LogP contribution in [0.5, 0.6) is 0 Å². The second-order valence-corrected chi connectivity index (χ2v) is 9.18. The minimum absolute atomic E-state index is 0.290. The average molecular weight is 399 g/mol. The number of ether oxygens (including phenoxy) is 1. The molecule has 2 heterocycles. The number of hydrogen-bond acceptors (Lipinski definition) is 3. The molecule has 1 atom stereocenters. The number of piperidine rings is 1. The van der Waals surface area contributed by atoms with E-state index in [4.69, 9.17) is 4.74 Å². The smallest absolute Gasteiger partial charge is 0.376 e. The fraction of sp³-hybridized carbons (Fsp3) is 0.727. The van der Waals surface area contributed by atoms with Crippen LogP contribution in [0.4, 0.5) is 13.2 Å². The minimum atomic E-state index is -4.32. The average Bonchev–Trinajstić information content (AvgIpc) is 2.62. The largest absolute Gasteiger partial charge is 0.416 e. The Bertz CT molecular complexity index is 653. The number of likely N-dealkylation sites (tertiary alicyclic amines) is 1. The van der Waals surface area contributed by atoms with Gasteiger partial charge in [0.2, 0.25) is 0 Å². The van der Waals surface area contributed by atoms with Crippen molar-refractivity contribution >= 4 is 0 Å². The second kappa shape index (κ2) is 8.33. The first-order chi connectivity index (χ1) is 13.1. The summed E-state index contributed by atoms with van der Waals surface area (Å²) in [6.07, 6.45) is 0.254. The van der Waals surface area contributed by atoms with Gasteiger partial charge in [0.25, 0.3) is 0 Å². The van der Waals surface area contributed by atoms with E-state index in [2.05, 4.69) is 17.3 Å². The summed E-state index contributed by atoms with van der Waals surface area (Å²) < 4.78 is 45.8. The molecule has 28 heavy (non-hydrogen) atoms. The zero-order valence-electron chi connectivity index (χ0n) is 17.2. The quantitative estimate of drug-likeness (QED) is 0.784. The van der Waals surface area contributed by atoms with E-state index in [1.165, 1.54) is 12.1 Å². The molecular formula is C22H33F3N2O. The lowest BCUT2D eigenvalue weighted by Crippen LogP contribution is -2.47. The predicted octanol–water partition coefficient (Wildman–Crippen LogP) is 4.61. The summed E-state index contributed by atoms with van der Waals surface area (Å²) in [6.45, 7) is 7.67. The van der Waals surface area contributed by atoms with Gasteiger partial charge in [-0.3, -0.25) is 0 Å². The number of benzene rings is 1.